The van der Waals surface area contributed by atoms with E-state index in [9.17, 15) is 5.11 Å². The van der Waals surface area contributed by atoms with Crippen LogP contribution >= 0.6 is 0 Å². The van der Waals surface area contributed by atoms with Crippen LogP contribution in [0.1, 0.15) is 16.8 Å². The van der Waals surface area contributed by atoms with Gasteiger partial charge in [-0.1, -0.05) is 0 Å². The molecule has 0 fully saturated rings. The molecule has 0 bridgehead atoms. The van der Waals surface area contributed by atoms with Crippen molar-refractivity contribution in [2.24, 2.45) is 0 Å². The average molecular weight is 258 g/mol. The van der Waals surface area contributed by atoms with Gasteiger partial charge < -0.3 is 15.2 Å². The molecule has 0 aliphatic carbocycles. The zero-order chi connectivity index (χ0) is 14.0. The number of benzene rings is 1. The number of pyridine rings is 1. The standard InChI is InChI=1S/C15H18N2O2/c1-9-10(2)15(16-11(3)14(9)18)17-12-5-7-13(19-4)8-6-12/h5-8,18H,1-4H3,(H,16,17). The van der Waals surface area contributed by atoms with E-state index in [-0.39, 0.29) is 5.75 Å². The van der Waals surface area contributed by atoms with Gasteiger partial charge >= 0.3 is 0 Å². The third-order valence-corrected chi connectivity index (χ3v) is 3.25. The minimum atomic E-state index is 0.262. The summed E-state index contributed by atoms with van der Waals surface area (Å²) in [5.41, 5.74) is 3.35. The molecule has 100 valence electrons. The zero-order valence-corrected chi connectivity index (χ0v) is 11.6. The van der Waals surface area contributed by atoms with E-state index >= 15 is 0 Å². The Kier molecular flexibility index (Phi) is 3.60. The Hall–Kier alpha value is -2.23. The number of anilines is 2. The van der Waals surface area contributed by atoms with Gasteiger partial charge in [-0.25, -0.2) is 4.98 Å². The predicted molar refractivity (Wildman–Crippen MR) is 76.4 cm³/mol. The number of aryl methyl sites for hydroxylation is 1. The van der Waals surface area contributed by atoms with Gasteiger partial charge in [0.15, 0.2) is 0 Å². The lowest BCUT2D eigenvalue weighted by Gasteiger charge is -2.13. The lowest BCUT2D eigenvalue weighted by atomic mass is 10.1. The largest absolute Gasteiger partial charge is 0.506 e. The van der Waals surface area contributed by atoms with Gasteiger partial charge in [-0.15, -0.1) is 0 Å². The smallest absolute Gasteiger partial charge is 0.140 e. The summed E-state index contributed by atoms with van der Waals surface area (Å²) in [6.07, 6.45) is 0. The van der Waals surface area contributed by atoms with Gasteiger partial charge in [0.05, 0.1) is 12.8 Å². The molecule has 0 amide bonds. The Labute approximate surface area is 113 Å². The van der Waals surface area contributed by atoms with E-state index in [1.165, 1.54) is 0 Å². The summed E-state index contributed by atoms with van der Waals surface area (Å²) in [5.74, 6) is 1.84. The highest BCUT2D eigenvalue weighted by Gasteiger charge is 2.10. The third-order valence-electron chi connectivity index (χ3n) is 3.25. The van der Waals surface area contributed by atoms with E-state index in [2.05, 4.69) is 10.3 Å². The molecule has 0 radical (unpaired) electrons. The lowest BCUT2D eigenvalue weighted by molar-refractivity contribution is 0.415. The maximum atomic E-state index is 9.84. The molecule has 1 aromatic carbocycles. The number of hydrogen-bond acceptors (Lipinski definition) is 4. The molecule has 4 nitrogen and oxygen atoms in total. The van der Waals surface area contributed by atoms with Crippen molar-refractivity contribution in [2.75, 3.05) is 12.4 Å². The van der Waals surface area contributed by atoms with Crippen molar-refractivity contribution in [1.29, 1.82) is 0 Å². The highest BCUT2D eigenvalue weighted by Crippen LogP contribution is 2.29. The number of nitrogens with zero attached hydrogens (tertiary/aromatic N) is 1. The summed E-state index contributed by atoms with van der Waals surface area (Å²) in [6, 6.07) is 7.63. The summed E-state index contributed by atoms with van der Waals surface area (Å²) in [5, 5.41) is 13.1. The van der Waals surface area contributed by atoms with E-state index in [4.69, 9.17) is 4.74 Å². The summed E-state index contributed by atoms with van der Waals surface area (Å²) < 4.78 is 5.12. The fourth-order valence-corrected chi connectivity index (χ4v) is 1.86. The van der Waals surface area contributed by atoms with Crippen LogP contribution in [0.3, 0.4) is 0 Å². The lowest BCUT2D eigenvalue weighted by Crippen LogP contribution is -2.00. The number of rotatable bonds is 3. The normalized spacial score (nSPS) is 10.3. The van der Waals surface area contributed by atoms with E-state index in [1.54, 1.807) is 14.0 Å². The van der Waals surface area contributed by atoms with Gasteiger partial charge in [0.2, 0.25) is 0 Å². The van der Waals surface area contributed by atoms with Gasteiger partial charge in [-0.05, 0) is 56.2 Å². The molecule has 0 saturated heterocycles. The van der Waals surface area contributed by atoms with Crippen molar-refractivity contribution < 1.29 is 9.84 Å². The number of hydrogen-bond donors (Lipinski definition) is 2. The molecule has 4 heteroatoms. The molecule has 0 unspecified atom stereocenters. The van der Waals surface area contributed by atoms with Crippen LogP contribution in [0.2, 0.25) is 0 Å². The van der Waals surface area contributed by atoms with E-state index in [1.807, 2.05) is 38.1 Å². The monoisotopic (exact) mass is 258 g/mol. The molecule has 19 heavy (non-hydrogen) atoms. The van der Waals surface area contributed by atoms with Crippen molar-refractivity contribution in [3.8, 4) is 11.5 Å². The van der Waals surface area contributed by atoms with E-state index < -0.39 is 0 Å². The Morgan fingerprint density at radius 2 is 1.68 bits per heavy atom. The third kappa shape index (κ3) is 2.62. The van der Waals surface area contributed by atoms with Crippen molar-refractivity contribution >= 4 is 11.5 Å². The van der Waals surface area contributed by atoms with Crippen LogP contribution in [0.4, 0.5) is 11.5 Å². The molecular formula is C15H18N2O2. The van der Waals surface area contributed by atoms with E-state index in [0.29, 0.717) is 5.69 Å². The Bertz CT molecular complexity index is 592. The van der Waals surface area contributed by atoms with Crippen LogP contribution in [0.15, 0.2) is 24.3 Å². The maximum absolute atomic E-state index is 9.84. The second-order valence-electron chi connectivity index (χ2n) is 4.50. The van der Waals surface area contributed by atoms with E-state index in [0.717, 1.165) is 28.4 Å². The zero-order valence-electron chi connectivity index (χ0n) is 11.6. The van der Waals surface area contributed by atoms with Gasteiger partial charge in [-0.2, -0.15) is 0 Å². The minimum Gasteiger partial charge on any atom is -0.506 e. The minimum absolute atomic E-state index is 0.262. The summed E-state index contributed by atoms with van der Waals surface area (Å²) >= 11 is 0. The fourth-order valence-electron chi connectivity index (χ4n) is 1.86. The molecular weight excluding hydrogens is 240 g/mol. The SMILES string of the molecule is COc1ccc(Nc2nc(C)c(O)c(C)c2C)cc1. The maximum Gasteiger partial charge on any atom is 0.140 e. The number of nitrogens with one attached hydrogen (secondary N) is 1. The van der Waals surface area contributed by atoms with Gasteiger partial charge in [-0.3, -0.25) is 0 Å². The quantitative estimate of drug-likeness (QED) is 0.885. The number of aromatic hydroxyl groups is 1. The van der Waals surface area contributed by atoms with Crippen LogP contribution in [0.25, 0.3) is 0 Å². The van der Waals surface area contributed by atoms with Gasteiger partial charge in [0.1, 0.15) is 17.3 Å². The first kappa shape index (κ1) is 13.2. The van der Waals surface area contributed by atoms with Crippen LogP contribution in [0, 0.1) is 20.8 Å². The summed E-state index contributed by atoms with van der Waals surface area (Å²) in [7, 11) is 1.64. The Balaban J connectivity index is 2.32. The van der Waals surface area contributed by atoms with Crippen LogP contribution in [-0.2, 0) is 0 Å². The number of aromatic nitrogens is 1. The first-order chi connectivity index (χ1) is 9.02. The highest BCUT2D eigenvalue weighted by atomic mass is 16.5. The molecule has 0 aliphatic rings. The molecule has 2 rings (SSSR count). The molecule has 2 N–H and O–H groups in total. The van der Waals surface area contributed by atoms with Crippen molar-refractivity contribution in [3.63, 3.8) is 0 Å². The molecule has 1 aromatic heterocycles. The Morgan fingerprint density at radius 1 is 1.05 bits per heavy atom. The molecule has 2 aromatic rings. The second kappa shape index (κ2) is 5.18. The van der Waals surface area contributed by atoms with Crippen LogP contribution in [0.5, 0.6) is 11.5 Å². The fraction of sp³-hybridized carbons (Fsp3) is 0.267. The summed E-state index contributed by atoms with van der Waals surface area (Å²) in [6.45, 7) is 5.62. The molecule has 0 aliphatic heterocycles. The Morgan fingerprint density at radius 3 is 2.26 bits per heavy atom. The highest BCUT2D eigenvalue weighted by molar-refractivity contribution is 5.63. The van der Waals surface area contributed by atoms with Gasteiger partial charge in [0, 0.05) is 5.69 Å². The second-order valence-corrected chi connectivity index (χ2v) is 4.50. The predicted octanol–water partition coefficient (Wildman–Crippen LogP) is 3.46. The molecule has 0 spiro atoms. The number of ether oxygens (including phenoxy) is 1. The van der Waals surface area contributed by atoms with Crippen molar-refractivity contribution in [1.82, 2.24) is 4.98 Å². The summed E-state index contributed by atoms with van der Waals surface area (Å²) in [4.78, 5) is 4.38. The first-order valence-corrected chi connectivity index (χ1v) is 6.10. The van der Waals surface area contributed by atoms with Crippen molar-refractivity contribution in [3.05, 3.63) is 41.1 Å². The topological polar surface area (TPSA) is 54.4 Å². The van der Waals surface area contributed by atoms with Gasteiger partial charge in [0.25, 0.3) is 0 Å². The van der Waals surface area contributed by atoms with Crippen molar-refractivity contribution in [2.45, 2.75) is 20.8 Å². The molecule has 1 heterocycles. The molecule has 0 atom stereocenters. The van der Waals surface area contributed by atoms with Crippen LogP contribution < -0.4 is 10.1 Å². The first-order valence-electron chi connectivity index (χ1n) is 6.10. The number of methoxy groups -OCH3 is 1. The van der Waals surface area contributed by atoms with Crippen LogP contribution in [-0.4, -0.2) is 17.2 Å². The molecule has 0 saturated carbocycles. The average Bonchev–Trinajstić information content (AvgIpc) is 2.43.